The number of aliphatic hydroxyl groups is 1. The van der Waals surface area contributed by atoms with E-state index in [2.05, 4.69) is 4.90 Å². The van der Waals surface area contributed by atoms with Gasteiger partial charge in [-0.15, -0.1) is 0 Å². The summed E-state index contributed by atoms with van der Waals surface area (Å²) in [6.07, 6.45) is 9.90. The average Bonchev–Trinajstić information content (AvgIpc) is 2.92. The average molecular weight is 608 g/mol. The van der Waals surface area contributed by atoms with Gasteiger partial charge in [-0.1, -0.05) is 72.0 Å². The second kappa shape index (κ2) is 18.2. The highest BCUT2D eigenvalue weighted by molar-refractivity contribution is 8.76. The zero-order valence-electron chi connectivity index (χ0n) is 25.1. The molecule has 0 saturated carbocycles. The fourth-order valence-electron chi connectivity index (χ4n) is 5.88. The van der Waals surface area contributed by atoms with Gasteiger partial charge in [0.2, 0.25) is 0 Å². The maximum Gasteiger partial charge on any atom is 0.310 e. The van der Waals surface area contributed by atoms with E-state index in [9.17, 15) is 19.5 Å². The number of ketones is 1. The largest absolute Gasteiger partial charge is 0.465 e. The molecule has 2 aliphatic heterocycles. The number of aryl methyl sites for hydroxylation is 1. The number of carbonyl (C=O) groups is 3. The number of ether oxygens (including phenoxy) is 2. The first-order valence-corrected chi connectivity index (χ1v) is 17.8. The molecule has 0 aromatic heterocycles. The van der Waals surface area contributed by atoms with Crippen molar-refractivity contribution in [3.8, 4) is 0 Å². The molecule has 2 atom stereocenters. The first kappa shape index (κ1) is 33.9. The molecule has 1 aromatic carbocycles. The van der Waals surface area contributed by atoms with Crippen LogP contribution in [0.25, 0.3) is 0 Å². The summed E-state index contributed by atoms with van der Waals surface area (Å²) in [6, 6.07) is 6.74. The molecule has 230 valence electrons. The van der Waals surface area contributed by atoms with Crippen LogP contribution in [0.15, 0.2) is 18.2 Å². The Bertz CT molecular complexity index is 973. The lowest BCUT2D eigenvalue weighted by Crippen LogP contribution is -2.54. The van der Waals surface area contributed by atoms with Crippen LogP contribution < -0.4 is 0 Å². The summed E-state index contributed by atoms with van der Waals surface area (Å²) < 4.78 is 11.1. The Labute approximate surface area is 254 Å². The fourth-order valence-corrected chi connectivity index (χ4v) is 7.74. The van der Waals surface area contributed by atoms with E-state index in [1.165, 1.54) is 6.42 Å². The normalized spacial score (nSPS) is 20.7. The third-order valence-electron chi connectivity index (χ3n) is 8.05. The predicted octanol–water partition coefficient (Wildman–Crippen LogP) is 6.06. The first-order valence-electron chi connectivity index (χ1n) is 15.3. The summed E-state index contributed by atoms with van der Waals surface area (Å²) in [6.45, 7) is 7.06. The number of fused-ring (bicyclic) bond motifs is 2. The molecule has 1 N–H and O–H groups in total. The molecule has 0 aliphatic carbocycles. The third kappa shape index (κ3) is 11.9. The third-order valence-corrected chi connectivity index (χ3v) is 10.4. The number of hydrogen-bond donors (Lipinski definition) is 1. The van der Waals surface area contributed by atoms with Crippen LogP contribution in [0.5, 0.6) is 0 Å². The highest BCUT2D eigenvalue weighted by Crippen LogP contribution is 2.35. The molecule has 2 unspecified atom stereocenters. The summed E-state index contributed by atoms with van der Waals surface area (Å²) in [5, 5.41) is 9.62. The van der Waals surface area contributed by atoms with Crippen molar-refractivity contribution in [2.24, 2.45) is 5.92 Å². The summed E-state index contributed by atoms with van der Waals surface area (Å²) >= 11 is 0. The van der Waals surface area contributed by atoms with E-state index < -0.39 is 0 Å². The topological polar surface area (TPSA) is 93.1 Å². The number of rotatable bonds is 18. The van der Waals surface area contributed by atoms with Gasteiger partial charge in [0.25, 0.3) is 0 Å². The summed E-state index contributed by atoms with van der Waals surface area (Å²) in [4.78, 5) is 39.1. The van der Waals surface area contributed by atoms with Crippen LogP contribution in [-0.2, 0) is 36.9 Å². The van der Waals surface area contributed by atoms with Crippen LogP contribution in [0, 0.1) is 12.8 Å². The summed E-state index contributed by atoms with van der Waals surface area (Å²) in [5.74, 6) is 1.44. The molecule has 0 radical (unpaired) electrons. The molecule has 2 saturated heterocycles. The predicted molar refractivity (Wildman–Crippen MR) is 167 cm³/mol. The van der Waals surface area contributed by atoms with E-state index in [0.29, 0.717) is 37.3 Å². The Hall–Kier alpha value is -1.55. The molecule has 0 amide bonds. The van der Waals surface area contributed by atoms with Crippen molar-refractivity contribution in [1.82, 2.24) is 4.90 Å². The maximum absolute atomic E-state index is 12.8. The van der Waals surface area contributed by atoms with Gasteiger partial charge in [-0.25, -0.2) is 0 Å². The molecule has 9 heteroatoms. The van der Waals surface area contributed by atoms with Crippen LogP contribution in [-0.4, -0.2) is 70.6 Å². The molecule has 1 aromatic rings. The quantitative estimate of drug-likeness (QED) is 0.121. The van der Waals surface area contributed by atoms with E-state index in [0.717, 1.165) is 79.7 Å². The highest BCUT2D eigenvalue weighted by atomic mass is 33.1. The number of Topliss-reactive ketones (excluding diaryl/α,β-unsaturated/α-hetero) is 1. The Morgan fingerprint density at radius 3 is 2.44 bits per heavy atom. The van der Waals surface area contributed by atoms with Gasteiger partial charge in [0.05, 0.1) is 18.9 Å². The van der Waals surface area contributed by atoms with Crippen molar-refractivity contribution >= 4 is 39.3 Å². The first-order chi connectivity index (χ1) is 19.8. The minimum absolute atomic E-state index is 0.0276. The highest BCUT2D eigenvalue weighted by Gasteiger charge is 2.39. The van der Waals surface area contributed by atoms with Crippen LogP contribution in [0.4, 0.5) is 0 Å². The number of unbranched alkanes of at least 4 members (excludes halogenated alkanes) is 2. The molecular weight excluding hydrogens is 558 g/mol. The zero-order chi connectivity index (χ0) is 29.6. The van der Waals surface area contributed by atoms with Gasteiger partial charge in [-0.05, 0) is 50.3 Å². The van der Waals surface area contributed by atoms with Gasteiger partial charge in [-0.2, -0.15) is 0 Å². The Kier molecular flexibility index (Phi) is 15.1. The maximum atomic E-state index is 12.8. The van der Waals surface area contributed by atoms with Gasteiger partial charge in [0.1, 0.15) is 18.5 Å². The minimum atomic E-state index is -0.198. The monoisotopic (exact) mass is 607 g/mol. The Morgan fingerprint density at radius 2 is 1.73 bits per heavy atom. The lowest BCUT2D eigenvalue weighted by molar-refractivity contribution is -0.154. The number of benzene rings is 1. The van der Waals surface area contributed by atoms with Gasteiger partial charge in [0, 0.05) is 49.3 Å². The van der Waals surface area contributed by atoms with Gasteiger partial charge < -0.3 is 14.6 Å². The second-order valence-electron chi connectivity index (χ2n) is 11.7. The van der Waals surface area contributed by atoms with E-state index in [1.807, 2.05) is 39.0 Å². The molecule has 2 heterocycles. The van der Waals surface area contributed by atoms with Gasteiger partial charge in [-0.3, -0.25) is 19.3 Å². The zero-order valence-corrected chi connectivity index (χ0v) is 26.7. The molecule has 2 fully saturated rings. The van der Waals surface area contributed by atoms with Crippen molar-refractivity contribution < 1.29 is 29.0 Å². The van der Waals surface area contributed by atoms with Crippen molar-refractivity contribution in [1.29, 1.82) is 0 Å². The lowest BCUT2D eigenvalue weighted by atomic mass is 9.82. The van der Waals surface area contributed by atoms with Crippen molar-refractivity contribution in [2.75, 3.05) is 24.7 Å². The number of piperidine rings is 2. The standard InChI is InChI=1S/C32H49NO6S2/c1-23(2)32(37)38-15-17-41-40-16-13-29(35)10-5-4-6-14-33-27-8-7-9-28(33)21-30(20-27)39-31(36)19-26-18-24(3)11-12-25(26)22-34/h11-12,18,23,27-28,30,34H,4-10,13-17,19-22H2,1-3H3. The van der Waals surface area contributed by atoms with Crippen LogP contribution in [0.1, 0.15) is 94.7 Å². The second-order valence-corrected chi connectivity index (χ2v) is 14.4. The van der Waals surface area contributed by atoms with Crippen LogP contribution in [0.3, 0.4) is 0 Å². The number of aliphatic hydroxyl groups excluding tert-OH is 1. The SMILES string of the molecule is Cc1ccc(CO)c(CC(=O)OC2CC3CCCC(C2)N3CCCCCC(=O)CCSSCCOC(=O)C(C)C)c1. The molecule has 7 nitrogen and oxygen atoms in total. The number of nitrogens with zero attached hydrogens (tertiary/aromatic N) is 1. The van der Waals surface area contributed by atoms with E-state index >= 15 is 0 Å². The van der Waals surface area contributed by atoms with Crippen molar-refractivity contribution in [3.05, 3.63) is 34.9 Å². The van der Waals surface area contributed by atoms with Crippen molar-refractivity contribution in [3.63, 3.8) is 0 Å². The number of esters is 2. The van der Waals surface area contributed by atoms with Crippen LogP contribution in [0.2, 0.25) is 0 Å². The van der Waals surface area contributed by atoms with Gasteiger partial charge in [0.15, 0.2) is 0 Å². The number of hydrogen-bond acceptors (Lipinski definition) is 9. The smallest absolute Gasteiger partial charge is 0.310 e. The Morgan fingerprint density at radius 1 is 1.00 bits per heavy atom. The summed E-state index contributed by atoms with van der Waals surface area (Å²) in [5.41, 5.74) is 2.72. The minimum Gasteiger partial charge on any atom is -0.465 e. The van der Waals surface area contributed by atoms with Crippen LogP contribution >= 0.6 is 21.6 Å². The molecule has 3 rings (SSSR count). The van der Waals surface area contributed by atoms with Crippen molar-refractivity contribution in [2.45, 2.75) is 116 Å². The summed E-state index contributed by atoms with van der Waals surface area (Å²) in [7, 11) is 3.33. The molecule has 41 heavy (non-hydrogen) atoms. The lowest BCUT2D eigenvalue weighted by Gasteiger charge is -2.48. The molecule has 2 aliphatic rings. The fraction of sp³-hybridized carbons (Fsp3) is 0.719. The van der Waals surface area contributed by atoms with E-state index in [-0.39, 0.29) is 37.0 Å². The Balaban J connectivity index is 1.27. The molecule has 2 bridgehead atoms. The number of carbonyl (C=O) groups excluding carboxylic acids is 3. The molecular formula is C32H49NO6S2. The van der Waals surface area contributed by atoms with Gasteiger partial charge >= 0.3 is 11.9 Å². The van der Waals surface area contributed by atoms with E-state index in [4.69, 9.17) is 9.47 Å². The van der Waals surface area contributed by atoms with E-state index in [1.54, 1.807) is 21.6 Å². The molecule has 0 spiro atoms.